The SMILES string of the molecule is CNCCCNS(=O)(=O)c1ccc([N+](=O)[O-])cc1F. The summed E-state index contributed by atoms with van der Waals surface area (Å²) in [6.07, 6.45) is 0.546. The number of rotatable bonds is 7. The van der Waals surface area contributed by atoms with Gasteiger partial charge in [0.25, 0.3) is 5.69 Å². The van der Waals surface area contributed by atoms with Crippen molar-refractivity contribution in [1.82, 2.24) is 10.0 Å². The Bertz CT molecular complexity index is 562. The molecule has 0 aromatic heterocycles. The van der Waals surface area contributed by atoms with Crippen molar-refractivity contribution in [3.8, 4) is 0 Å². The maximum atomic E-state index is 13.5. The number of benzene rings is 1. The predicted octanol–water partition coefficient (Wildman–Crippen LogP) is 0.622. The highest BCUT2D eigenvalue weighted by Crippen LogP contribution is 2.20. The molecule has 0 aliphatic carbocycles. The van der Waals surface area contributed by atoms with E-state index in [1.807, 2.05) is 0 Å². The van der Waals surface area contributed by atoms with Crippen LogP contribution in [0, 0.1) is 15.9 Å². The summed E-state index contributed by atoms with van der Waals surface area (Å²) in [6.45, 7) is 0.769. The third-order valence-electron chi connectivity index (χ3n) is 2.31. The number of hydrogen-bond acceptors (Lipinski definition) is 5. The van der Waals surface area contributed by atoms with Crippen molar-refractivity contribution < 1.29 is 17.7 Å². The highest BCUT2D eigenvalue weighted by molar-refractivity contribution is 7.89. The molecule has 7 nitrogen and oxygen atoms in total. The third-order valence-corrected chi connectivity index (χ3v) is 3.81. The van der Waals surface area contributed by atoms with Gasteiger partial charge in [0.1, 0.15) is 10.7 Å². The van der Waals surface area contributed by atoms with Crippen molar-refractivity contribution in [3.05, 3.63) is 34.1 Å². The monoisotopic (exact) mass is 291 g/mol. The Balaban J connectivity index is 2.87. The maximum Gasteiger partial charge on any atom is 0.272 e. The number of halogens is 1. The summed E-state index contributed by atoms with van der Waals surface area (Å²) in [5, 5.41) is 13.3. The number of non-ortho nitro benzene ring substituents is 1. The largest absolute Gasteiger partial charge is 0.320 e. The van der Waals surface area contributed by atoms with Gasteiger partial charge in [0.05, 0.1) is 11.0 Å². The minimum atomic E-state index is -3.99. The molecule has 0 atom stereocenters. The molecule has 0 heterocycles. The molecule has 0 bridgehead atoms. The summed E-state index contributed by atoms with van der Waals surface area (Å²) in [7, 11) is -2.26. The van der Waals surface area contributed by atoms with E-state index < -0.39 is 31.3 Å². The molecule has 0 radical (unpaired) electrons. The fourth-order valence-corrected chi connectivity index (χ4v) is 2.50. The Labute approximate surface area is 110 Å². The van der Waals surface area contributed by atoms with Crippen molar-refractivity contribution in [1.29, 1.82) is 0 Å². The normalized spacial score (nSPS) is 11.5. The number of sulfonamides is 1. The smallest absolute Gasteiger partial charge is 0.272 e. The van der Waals surface area contributed by atoms with Gasteiger partial charge in [0, 0.05) is 12.6 Å². The van der Waals surface area contributed by atoms with Crippen molar-refractivity contribution in [2.24, 2.45) is 0 Å². The van der Waals surface area contributed by atoms with Crippen LogP contribution >= 0.6 is 0 Å². The molecule has 0 fully saturated rings. The molecule has 1 aromatic carbocycles. The van der Waals surface area contributed by atoms with Crippen LogP contribution in [0.4, 0.5) is 10.1 Å². The van der Waals surface area contributed by atoms with Crippen molar-refractivity contribution in [2.75, 3.05) is 20.1 Å². The van der Waals surface area contributed by atoms with Gasteiger partial charge in [-0.1, -0.05) is 0 Å². The molecule has 1 aromatic rings. The van der Waals surface area contributed by atoms with Crippen molar-refractivity contribution in [3.63, 3.8) is 0 Å². The van der Waals surface area contributed by atoms with Crippen molar-refractivity contribution >= 4 is 15.7 Å². The number of nitro groups is 1. The van der Waals surface area contributed by atoms with E-state index in [0.717, 1.165) is 12.1 Å². The van der Waals surface area contributed by atoms with Crippen LogP contribution in [-0.2, 0) is 10.0 Å². The second-order valence-corrected chi connectivity index (χ2v) is 5.46. The highest BCUT2D eigenvalue weighted by atomic mass is 32.2. The van der Waals surface area contributed by atoms with Crippen LogP contribution in [0.3, 0.4) is 0 Å². The summed E-state index contributed by atoms with van der Waals surface area (Å²) in [5.41, 5.74) is -0.494. The first kappa shape index (κ1) is 15.5. The second kappa shape index (κ2) is 6.55. The lowest BCUT2D eigenvalue weighted by Gasteiger charge is -2.07. The molecule has 0 unspecified atom stereocenters. The van der Waals surface area contributed by atoms with Gasteiger partial charge in [-0.05, 0) is 26.1 Å². The van der Waals surface area contributed by atoms with Gasteiger partial charge in [-0.15, -0.1) is 0 Å². The molecule has 0 amide bonds. The molecule has 0 spiro atoms. The summed E-state index contributed by atoms with van der Waals surface area (Å²) >= 11 is 0. The van der Waals surface area contributed by atoms with Crippen LogP contribution in [0.1, 0.15) is 6.42 Å². The fourth-order valence-electron chi connectivity index (χ4n) is 1.37. The first-order chi connectivity index (χ1) is 8.88. The van der Waals surface area contributed by atoms with E-state index in [2.05, 4.69) is 10.0 Å². The van der Waals surface area contributed by atoms with Crippen LogP contribution in [-0.4, -0.2) is 33.5 Å². The minimum absolute atomic E-state index is 0.152. The van der Waals surface area contributed by atoms with E-state index in [-0.39, 0.29) is 6.54 Å². The molecule has 0 saturated carbocycles. The van der Waals surface area contributed by atoms with Crippen LogP contribution in [0.5, 0.6) is 0 Å². The number of nitro benzene ring substituents is 1. The van der Waals surface area contributed by atoms with Gasteiger partial charge in [0.15, 0.2) is 0 Å². The molecule has 106 valence electrons. The first-order valence-electron chi connectivity index (χ1n) is 5.46. The molecular formula is C10H14FN3O4S. The van der Waals surface area contributed by atoms with E-state index in [0.29, 0.717) is 19.0 Å². The van der Waals surface area contributed by atoms with E-state index in [9.17, 15) is 22.9 Å². The standard InChI is InChI=1S/C10H14FN3O4S/c1-12-5-2-6-13-19(17,18)10-4-3-8(14(15)16)7-9(10)11/h3-4,7,12-13H,2,5-6H2,1H3. The van der Waals surface area contributed by atoms with Gasteiger partial charge in [-0.2, -0.15) is 0 Å². The number of nitrogens with zero attached hydrogens (tertiary/aromatic N) is 1. The highest BCUT2D eigenvalue weighted by Gasteiger charge is 2.21. The summed E-state index contributed by atoms with van der Waals surface area (Å²) in [5.74, 6) is -1.14. The Morgan fingerprint density at radius 3 is 2.58 bits per heavy atom. The Morgan fingerprint density at radius 2 is 2.05 bits per heavy atom. The Morgan fingerprint density at radius 1 is 1.37 bits per heavy atom. The quantitative estimate of drug-likeness (QED) is 0.435. The lowest BCUT2D eigenvalue weighted by Crippen LogP contribution is -2.27. The maximum absolute atomic E-state index is 13.5. The van der Waals surface area contributed by atoms with Gasteiger partial charge in [-0.25, -0.2) is 17.5 Å². The zero-order chi connectivity index (χ0) is 14.5. The zero-order valence-electron chi connectivity index (χ0n) is 10.2. The Hall–Kier alpha value is -1.58. The van der Waals surface area contributed by atoms with Crippen LogP contribution in [0.2, 0.25) is 0 Å². The van der Waals surface area contributed by atoms with E-state index in [1.165, 1.54) is 0 Å². The molecule has 0 aliphatic rings. The molecule has 0 saturated heterocycles. The van der Waals surface area contributed by atoms with Crippen LogP contribution in [0.15, 0.2) is 23.1 Å². The zero-order valence-corrected chi connectivity index (χ0v) is 11.0. The van der Waals surface area contributed by atoms with Crippen LogP contribution in [0.25, 0.3) is 0 Å². The summed E-state index contributed by atoms with van der Waals surface area (Å²) in [4.78, 5) is 9.04. The predicted molar refractivity (Wildman–Crippen MR) is 66.8 cm³/mol. The average Bonchev–Trinajstić information content (AvgIpc) is 2.34. The van der Waals surface area contributed by atoms with E-state index in [1.54, 1.807) is 7.05 Å². The second-order valence-electron chi connectivity index (χ2n) is 3.73. The molecule has 0 aliphatic heterocycles. The van der Waals surface area contributed by atoms with E-state index in [4.69, 9.17) is 0 Å². The fraction of sp³-hybridized carbons (Fsp3) is 0.400. The molecule has 1 rings (SSSR count). The molecule has 2 N–H and O–H groups in total. The van der Waals surface area contributed by atoms with Crippen LogP contribution < -0.4 is 10.0 Å². The van der Waals surface area contributed by atoms with Gasteiger partial charge >= 0.3 is 0 Å². The molecular weight excluding hydrogens is 277 g/mol. The topological polar surface area (TPSA) is 101 Å². The van der Waals surface area contributed by atoms with Gasteiger partial charge in [0.2, 0.25) is 10.0 Å². The number of hydrogen-bond donors (Lipinski definition) is 2. The lowest BCUT2D eigenvalue weighted by molar-refractivity contribution is -0.385. The third kappa shape index (κ3) is 4.23. The summed E-state index contributed by atoms with van der Waals surface area (Å²) in [6, 6.07) is 2.42. The number of nitrogens with one attached hydrogen (secondary N) is 2. The van der Waals surface area contributed by atoms with Crippen molar-refractivity contribution in [2.45, 2.75) is 11.3 Å². The average molecular weight is 291 g/mol. The lowest BCUT2D eigenvalue weighted by atomic mass is 10.3. The summed E-state index contributed by atoms with van der Waals surface area (Å²) < 4.78 is 39.3. The first-order valence-corrected chi connectivity index (χ1v) is 6.95. The minimum Gasteiger partial charge on any atom is -0.320 e. The van der Waals surface area contributed by atoms with E-state index >= 15 is 0 Å². The molecule has 19 heavy (non-hydrogen) atoms. The van der Waals surface area contributed by atoms with Gasteiger partial charge < -0.3 is 5.32 Å². The molecule has 9 heteroatoms. The Kier molecular flexibility index (Phi) is 5.33. The van der Waals surface area contributed by atoms with Gasteiger partial charge in [-0.3, -0.25) is 10.1 Å².